The van der Waals surface area contributed by atoms with Gasteiger partial charge in [0, 0.05) is 31.7 Å². The van der Waals surface area contributed by atoms with E-state index in [2.05, 4.69) is 217 Å². The minimum absolute atomic E-state index is 0.968. The lowest BCUT2D eigenvalue weighted by Crippen LogP contribution is -2.06. The number of aromatic nitrogens is 2. The molecule has 256 valence electrons. The van der Waals surface area contributed by atoms with Crippen LogP contribution < -0.4 is 0 Å². The molecule has 0 N–H and O–H groups in total. The van der Waals surface area contributed by atoms with Gasteiger partial charge in [0.05, 0.1) is 16.9 Å². The van der Waals surface area contributed by atoms with Crippen molar-refractivity contribution in [2.24, 2.45) is 0 Å². The molecule has 3 heteroatoms. The number of para-hydroxylation sites is 1. The molecule has 8 aromatic carbocycles. The number of pyridine rings is 1. The summed E-state index contributed by atoms with van der Waals surface area (Å²) in [6.07, 6.45) is 0. The molecule has 1 aliphatic heterocycles. The van der Waals surface area contributed by atoms with Crippen LogP contribution in [0.2, 0.25) is 0 Å². The van der Waals surface area contributed by atoms with Gasteiger partial charge in [0.1, 0.15) is 5.65 Å². The Kier molecular flexibility index (Phi) is 6.67. The van der Waals surface area contributed by atoms with Crippen LogP contribution in [0.5, 0.6) is 0 Å². The van der Waals surface area contributed by atoms with Crippen LogP contribution in [0.1, 0.15) is 0 Å². The largest absolute Gasteiger partial charge is 0.291 e. The highest BCUT2D eigenvalue weighted by Crippen LogP contribution is 3.06. The predicted octanol–water partition coefficient (Wildman–Crippen LogP) is 13.6. The van der Waals surface area contributed by atoms with Gasteiger partial charge < -0.3 is 0 Å². The van der Waals surface area contributed by atoms with Crippen LogP contribution in [0.15, 0.2) is 237 Å². The molecule has 0 fully saturated rings. The van der Waals surface area contributed by atoms with Crippen LogP contribution in [-0.4, -0.2) is 9.38 Å². The predicted molar refractivity (Wildman–Crippen MR) is 226 cm³/mol. The van der Waals surface area contributed by atoms with Crippen LogP contribution in [-0.2, 0) is 0 Å². The highest BCUT2D eigenvalue weighted by atomic mass is 32.3. The molecule has 54 heavy (non-hydrogen) atoms. The molecular weight excluding hydrogens is 673 g/mol. The number of nitrogens with zero attached hydrogens (tertiary/aromatic N) is 2. The third-order valence-corrected chi connectivity index (χ3v) is 18.2. The fourth-order valence-corrected chi connectivity index (χ4v) is 16.3. The zero-order valence-electron chi connectivity index (χ0n) is 29.5. The van der Waals surface area contributed by atoms with Gasteiger partial charge >= 0.3 is 0 Å². The van der Waals surface area contributed by atoms with Gasteiger partial charge in [0.25, 0.3) is 0 Å². The zero-order valence-corrected chi connectivity index (χ0v) is 30.4. The van der Waals surface area contributed by atoms with Crippen molar-refractivity contribution in [1.29, 1.82) is 0 Å². The minimum Gasteiger partial charge on any atom is -0.291 e. The van der Waals surface area contributed by atoms with E-state index in [0.29, 0.717) is 0 Å². The molecule has 2 nitrogen and oxygen atoms in total. The van der Waals surface area contributed by atoms with Crippen molar-refractivity contribution >= 4 is 36.5 Å². The Morgan fingerprint density at radius 1 is 0.352 bits per heavy atom. The Labute approximate surface area is 314 Å². The lowest BCUT2D eigenvalue weighted by atomic mass is 9.99. The van der Waals surface area contributed by atoms with Crippen LogP contribution in [0.3, 0.4) is 0 Å². The number of hydrogen-bond acceptors (Lipinski definition) is 1. The first-order valence-corrected chi connectivity index (χ1v) is 20.8. The number of thiol groups is 1. The summed E-state index contributed by atoms with van der Waals surface area (Å²) in [4.78, 5) is 12.5. The van der Waals surface area contributed by atoms with Gasteiger partial charge in [-0.05, 0) is 61.5 Å². The molecule has 3 heterocycles. The van der Waals surface area contributed by atoms with Crippen molar-refractivity contribution in [1.82, 2.24) is 9.38 Å². The van der Waals surface area contributed by atoms with Crippen molar-refractivity contribution in [3.05, 3.63) is 212 Å². The van der Waals surface area contributed by atoms with Crippen molar-refractivity contribution in [3.63, 3.8) is 0 Å². The number of hydrogen-bond donors (Lipinski definition) is 1. The van der Waals surface area contributed by atoms with Gasteiger partial charge in [0.15, 0.2) is 0 Å². The Morgan fingerprint density at radius 3 is 1.46 bits per heavy atom. The van der Waals surface area contributed by atoms with Gasteiger partial charge in [-0.1, -0.05) is 182 Å². The van der Waals surface area contributed by atoms with Gasteiger partial charge in [-0.2, -0.15) is 9.16 Å². The molecule has 0 saturated carbocycles. The molecule has 2 aromatic heterocycles. The van der Waals surface area contributed by atoms with E-state index in [-0.39, 0.29) is 0 Å². The van der Waals surface area contributed by atoms with Crippen LogP contribution in [0.25, 0.3) is 61.0 Å². The second-order valence-electron chi connectivity index (χ2n) is 14.3. The molecule has 0 unspecified atom stereocenters. The van der Waals surface area contributed by atoms with Gasteiger partial charge in [-0.15, -0.1) is 0 Å². The fourth-order valence-electron chi connectivity index (χ4n) is 9.34. The molecule has 0 amide bonds. The maximum atomic E-state index is 5.46. The van der Waals surface area contributed by atoms with Crippen molar-refractivity contribution in [2.45, 2.75) is 24.5 Å². The Balaban J connectivity index is 1.17. The summed E-state index contributed by atoms with van der Waals surface area (Å²) in [7, 11) is -3.07. The van der Waals surface area contributed by atoms with E-state index in [0.717, 1.165) is 39.1 Å². The average Bonchev–Trinajstić information content (AvgIpc) is 3.69. The van der Waals surface area contributed by atoms with E-state index in [1.807, 2.05) is 0 Å². The zero-order chi connectivity index (χ0) is 35.7. The Hall–Kier alpha value is -6.68. The second kappa shape index (κ2) is 11.7. The summed E-state index contributed by atoms with van der Waals surface area (Å²) >= 11 is 0. The maximum Gasteiger partial charge on any atom is 0.146 e. The summed E-state index contributed by atoms with van der Waals surface area (Å²) < 4.78 is 2.37. The van der Waals surface area contributed by atoms with Gasteiger partial charge in [0.2, 0.25) is 0 Å². The number of benzene rings is 8. The minimum atomic E-state index is -3.07. The standard InChI is InChI=1S/C51H36N2S/c1-6-18-36(19-7-1)49-50(37-20-8-2-9-21-37)53-46-29-17-16-28-43(46)45-34-38(30-32-44(45)51(53)52-49)39-31-33-47-48(35-39)54(47,40-22-10-3-11-23-40,41-24-12-4-13-25-41)42-26-14-5-15-27-42/h1-35,54H. The van der Waals surface area contributed by atoms with Crippen LogP contribution in [0, 0.1) is 0 Å². The van der Waals surface area contributed by atoms with Crippen molar-refractivity contribution < 1.29 is 0 Å². The quantitative estimate of drug-likeness (QED) is 0.103. The number of fused-ring (bicyclic) bond motifs is 7. The van der Waals surface area contributed by atoms with E-state index < -0.39 is 9.16 Å². The third kappa shape index (κ3) is 4.05. The fraction of sp³-hybridized carbons (Fsp3) is 0. The first-order valence-electron chi connectivity index (χ1n) is 18.6. The molecule has 0 aliphatic carbocycles. The Morgan fingerprint density at radius 2 is 0.852 bits per heavy atom. The topological polar surface area (TPSA) is 17.3 Å². The number of imidazole rings is 1. The van der Waals surface area contributed by atoms with E-state index in [1.54, 1.807) is 0 Å². The maximum absolute atomic E-state index is 5.46. The molecular formula is C51H36N2S. The summed E-state index contributed by atoms with van der Waals surface area (Å²) in [5.41, 5.74) is 8.90. The van der Waals surface area contributed by atoms with E-state index in [9.17, 15) is 0 Å². The molecule has 11 rings (SSSR count). The summed E-state index contributed by atoms with van der Waals surface area (Å²) in [6.45, 7) is 0. The van der Waals surface area contributed by atoms with Crippen molar-refractivity contribution in [3.8, 4) is 33.6 Å². The first-order chi connectivity index (χ1) is 26.8. The molecule has 0 atom stereocenters. The van der Waals surface area contributed by atoms with E-state index in [4.69, 9.17) is 4.98 Å². The van der Waals surface area contributed by atoms with Crippen LogP contribution in [0.4, 0.5) is 0 Å². The van der Waals surface area contributed by atoms with Gasteiger partial charge in [-0.25, -0.2) is 4.98 Å². The molecule has 0 radical (unpaired) electrons. The summed E-state index contributed by atoms with van der Waals surface area (Å²) in [5.74, 6) is 0. The average molecular weight is 709 g/mol. The molecule has 1 aliphatic rings. The third-order valence-electron chi connectivity index (χ3n) is 11.7. The molecule has 0 saturated heterocycles. The molecule has 0 spiro atoms. The normalized spacial score (nSPS) is 14.7. The SMILES string of the molecule is c1ccc(-c2nc3c4ccc(-c5ccc6c(c5)[SH]6(c5ccccc5)(c5ccccc5)c5ccccc5)cc4c4ccccc4n3c2-c2ccccc2)cc1. The van der Waals surface area contributed by atoms with E-state index >= 15 is 0 Å². The molecule has 0 bridgehead atoms. The van der Waals surface area contributed by atoms with Gasteiger partial charge in [-0.3, -0.25) is 4.40 Å². The summed E-state index contributed by atoms with van der Waals surface area (Å²) in [6, 6.07) is 78.0. The highest BCUT2D eigenvalue weighted by Gasteiger charge is 2.62. The monoisotopic (exact) mass is 708 g/mol. The van der Waals surface area contributed by atoms with Crippen LogP contribution >= 0.6 is 9.16 Å². The highest BCUT2D eigenvalue weighted by molar-refractivity contribution is 8.54. The lowest BCUT2D eigenvalue weighted by Gasteiger charge is -2.48. The number of rotatable bonds is 6. The Bertz CT molecular complexity index is 2930. The van der Waals surface area contributed by atoms with Crippen molar-refractivity contribution in [2.75, 3.05) is 0 Å². The smallest absolute Gasteiger partial charge is 0.146 e. The first kappa shape index (κ1) is 30.9. The van der Waals surface area contributed by atoms with E-state index in [1.165, 1.54) is 46.4 Å². The summed E-state index contributed by atoms with van der Waals surface area (Å²) in [5, 5.41) is 3.55. The lowest BCUT2D eigenvalue weighted by molar-refractivity contribution is 1.27. The molecule has 10 aromatic rings. The second-order valence-corrected chi connectivity index (χ2v) is 19.1.